The maximum atomic E-state index is 10.9. The van der Waals surface area contributed by atoms with Crippen molar-refractivity contribution in [2.75, 3.05) is 6.61 Å². The zero-order valence-corrected chi connectivity index (χ0v) is 10.2. The van der Waals surface area contributed by atoms with Crippen molar-refractivity contribution in [2.45, 2.75) is 39.0 Å². The number of hydrogen-bond acceptors (Lipinski definition) is 2. The van der Waals surface area contributed by atoms with Gasteiger partial charge in [0.25, 0.3) is 0 Å². The first-order valence-electron chi connectivity index (χ1n) is 6.51. The van der Waals surface area contributed by atoms with Gasteiger partial charge in [-0.15, -0.1) is 0 Å². The van der Waals surface area contributed by atoms with E-state index in [1.54, 1.807) is 0 Å². The molecular weight excluding hydrogens is 200 g/mol. The highest BCUT2D eigenvalue weighted by Gasteiger charge is 2.42. The molecule has 0 aliphatic heterocycles. The summed E-state index contributed by atoms with van der Waals surface area (Å²) in [6, 6.07) is 0. The smallest absolute Gasteiger partial charge is 0.330 e. The van der Waals surface area contributed by atoms with E-state index in [1.807, 2.05) is 0 Å². The number of carbonyl (C=O) groups is 1. The fraction of sp³-hybridized carbons (Fsp3) is 0.786. The number of hydrogen-bond donors (Lipinski definition) is 0. The van der Waals surface area contributed by atoms with Crippen LogP contribution in [0.2, 0.25) is 0 Å². The molecule has 2 fully saturated rings. The van der Waals surface area contributed by atoms with Crippen LogP contribution in [0.4, 0.5) is 0 Å². The third kappa shape index (κ3) is 2.31. The summed E-state index contributed by atoms with van der Waals surface area (Å²) in [6.45, 7) is 6.36. The lowest BCUT2D eigenvalue weighted by Crippen LogP contribution is -2.13. The second-order valence-corrected chi connectivity index (χ2v) is 5.39. The molecule has 0 radical (unpaired) electrons. The molecule has 2 nitrogen and oxygen atoms in total. The fourth-order valence-electron chi connectivity index (χ4n) is 3.84. The third-order valence-electron chi connectivity index (χ3n) is 4.54. The molecule has 4 atom stereocenters. The van der Waals surface area contributed by atoms with Crippen molar-refractivity contribution in [1.82, 2.24) is 0 Å². The molecule has 90 valence electrons. The van der Waals surface area contributed by atoms with Gasteiger partial charge in [-0.1, -0.05) is 19.9 Å². The minimum atomic E-state index is -0.283. The number of fused-ring (bicyclic) bond motifs is 1. The van der Waals surface area contributed by atoms with E-state index in [0.29, 0.717) is 6.61 Å². The summed E-state index contributed by atoms with van der Waals surface area (Å²) in [5.74, 6) is 3.26. The molecule has 2 aliphatic carbocycles. The Hall–Kier alpha value is -0.790. The number of ether oxygens (including phenoxy) is 1. The van der Waals surface area contributed by atoms with Gasteiger partial charge in [0.2, 0.25) is 0 Å². The maximum absolute atomic E-state index is 10.9. The number of carbonyl (C=O) groups excluding carboxylic acids is 1. The quantitative estimate of drug-likeness (QED) is 0.539. The van der Waals surface area contributed by atoms with Gasteiger partial charge < -0.3 is 4.74 Å². The molecule has 2 rings (SSSR count). The van der Waals surface area contributed by atoms with Crippen LogP contribution in [0.5, 0.6) is 0 Å². The first-order valence-corrected chi connectivity index (χ1v) is 6.51. The van der Waals surface area contributed by atoms with Crippen LogP contribution in [0, 0.1) is 23.7 Å². The van der Waals surface area contributed by atoms with Gasteiger partial charge in [0.05, 0.1) is 6.61 Å². The summed E-state index contributed by atoms with van der Waals surface area (Å²) in [5, 5.41) is 0. The monoisotopic (exact) mass is 222 g/mol. The summed E-state index contributed by atoms with van der Waals surface area (Å²) in [6.07, 6.45) is 7.86. The molecule has 0 saturated heterocycles. The van der Waals surface area contributed by atoms with E-state index in [9.17, 15) is 4.79 Å². The highest BCUT2D eigenvalue weighted by molar-refractivity contribution is 5.81. The molecule has 0 aromatic heterocycles. The Balaban J connectivity index is 1.78. The van der Waals surface area contributed by atoms with Crippen LogP contribution in [0.15, 0.2) is 12.7 Å². The van der Waals surface area contributed by atoms with Gasteiger partial charge in [0.1, 0.15) is 0 Å². The van der Waals surface area contributed by atoms with Crippen LogP contribution in [0.3, 0.4) is 0 Å². The molecule has 0 N–H and O–H groups in total. The summed E-state index contributed by atoms with van der Waals surface area (Å²) in [7, 11) is 0. The Morgan fingerprint density at radius 3 is 2.94 bits per heavy atom. The van der Waals surface area contributed by atoms with Crippen molar-refractivity contribution < 1.29 is 9.53 Å². The van der Waals surface area contributed by atoms with Crippen LogP contribution < -0.4 is 0 Å². The van der Waals surface area contributed by atoms with Gasteiger partial charge in [0.15, 0.2) is 0 Å². The predicted molar refractivity (Wildman–Crippen MR) is 63.9 cm³/mol. The Morgan fingerprint density at radius 2 is 2.19 bits per heavy atom. The van der Waals surface area contributed by atoms with Crippen LogP contribution in [0.1, 0.15) is 39.0 Å². The summed E-state index contributed by atoms with van der Waals surface area (Å²) in [5.41, 5.74) is 0. The molecule has 0 spiro atoms. The van der Waals surface area contributed by atoms with E-state index in [1.165, 1.54) is 31.8 Å². The third-order valence-corrected chi connectivity index (χ3v) is 4.54. The van der Waals surface area contributed by atoms with Crippen molar-refractivity contribution in [3.8, 4) is 0 Å². The lowest BCUT2D eigenvalue weighted by molar-refractivity contribution is -0.138. The zero-order chi connectivity index (χ0) is 11.5. The summed E-state index contributed by atoms with van der Waals surface area (Å²) in [4.78, 5) is 10.9. The molecule has 0 bridgehead atoms. The van der Waals surface area contributed by atoms with E-state index < -0.39 is 0 Å². The van der Waals surface area contributed by atoms with Crippen LogP contribution in [-0.2, 0) is 9.53 Å². The Bertz CT molecular complexity index is 272. The van der Waals surface area contributed by atoms with Gasteiger partial charge in [-0.05, 0) is 49.4 Å². The van der Waals surface area contributed by atoms with E-state index in [4.69, 9.17) is 4.74 Å². The fourth-order valence-corrected chi connectivity index (χ4v) is 3.84. The molecule has 0 amide bonds. The minimum Gasteiger partial charge on any atom is -0.463 e. The number of rotatable bonds is 4. The SMILES string of the molecule is C=CC(=O)OCCC1CC(C)C2CCCC12. The van der Waals surface area contributed by atoms with Crippen molar-refractivity contribution >= 4 is 5.97 Å². The van der Waals surface area contributed by atoms with E-state index in [0.717, 1.165) is 30.1 Å². The average Bonchev–Trinajstić information content (AvgIpc) is 2.84. The van der Waals surface area contributed by atoms with E-state index in [2.05, 4.69) is 13.5 Å². The highest BCUT2D eigenvalue weighted by Crippen LogP contribution is 2.51. The molecule has 2 heteroatoms. The highest BCUT2D eigenvalue weighted by atomic mass is 16.5. The van der Waals surface area contributed by atoms with Gasteiger partial charge in [-0.25, -0.2) is 4.79 Å². The molecular formula is C14H22O2. The average molecular weight is 222 g/mol. The van der Waals surface area contributed by atoms with Crippen LogP contribution in [-0.4, -0.2) is 12.6 Å². The second kappa shape index (κ2) is 5.03. The molecule has 2 saturated carbocycles. The standard InChI is InChI=1S/C14H22O2/c1-3-14(15)16-8-7-11-9-10(2)12-5-4-6-13(11)12/h3,10-13H,1,4-9H2,2H3. The van der Waals surface area contributed by atoms with Gasteiger partial charge >= 0.3 is 5.97 Å². The molecule has 4 unspecified atom stereocenters. The van der Waals surface area contributed by atoms with Gasteiger partial charge in [-0.2, -0.15) is 0 Å². The minimum absolute atomic E-state index is 0.283. The van der Waals surface area contributed by atoms with E-state index >= 15 is 0 Å². The first-order chi connectivity index (χ1) is 7.72. The lowest BCUT2D eigenvalue weighted by atomic mass is 9.89. The van der Waals surface area contributed by atoms with E-state index in [-0.39, 0.29) is 5.97 Å². The van der Waals surface area contributed by atoms with Gasteiger partial charge in [-0.3, -0.25) is 0 Å². The Kier molecular flexibility index (Phi) is 3.67. The normalized spacial score (nSPS) is 37.1. The molecule has 2 aliphatic rings. The molecule has 0 aromatic carbocycles. The van der Waals surface area contributed by atoms with Crippen molar-refractivity contribution in [3.05, 3.63) is 12.7 Å². The lowest BCUT2D eigenvalue weighted by Gasteiger charge is -2.18. The Labute approximate surface area is 98.1 Å². The van der Waals surface area contributed by atoms with Crippen molar-refractivity contribution in [3.63, 3.8) is 0 Å². The van der Waals surface area contributed by atoms with Crippen LogP contribution in [0.25, 0.3) is 0 Å². The van der Waals surface area contributed by atoms with Crippen LogP contribution >= 0.6 is 0 Å². The predicted octanol–water partition coefficient (Wildman–Crippen LogP) is 3.18. The first kappa shape index (κ1) is 11.7. The number of esters is 1. The Morgan fingerprint density at radius 1 is 1.44 bits per heavy atom. The molecule has 16 heavy (non-hydrogen) atoms. The van der Waals surface area contributed by atoms with Crippen molar-refractivity contribution in [1.29, 1.82) is 0 Å². The summed E-state index contributed by atoms with van der Waals surface area (Å²) >= 11 is 0. The van der Waals surface area contributed by atoms with Crippen molar-refractivity contribution in [2.24, 2.45) is 23.7 Å². The second-order valence-electron chi connectivity index (χ2n) is 5.39. The van der Waals surface area contributed by atoms with Gasteiger partial charge in [0, 0.05) is 6.08 Å². The maximum Gasteiger partial charge on any atom is 0.330 e. The largest absolute Gasteiger partial charge is 0.463 e. The zero-order valence-electron chi connectivity index (χ0n) is 10.2. The molecule has 0 heterocycles. The summed E-state index contributed by atoms with van der Waals surface area (Å²) < 4.78 is 5.08. The molecule has 0 aromatic rings. The topological polar surface area (TPSA) is 26.3 Å².